The summed E-state index contributed by atoms with van der Waals surface area (Å²) in [5.41, 5.74) is 4.17. The first-order valence-electron chi connectivity index (χ1n) is 8.24. The average molecular weight is 362 g/mol. The molecule has 0 radical (unpaired) electrons. The number of benzene rings is 2. The number of fused-ring (bicyclic) bond motifs is 2. The summed E-state index contributed by atoms with van der Waals surface area (Å²) < 4.78 is 7.62. The minimum Gasteiger partial charge on any atom is -0.466 e. The predicted molar refractivity (Wildman–Crippen MR) is 99.8 cm³/mol. The Labute approximate surface area is 153 Å². The molecule has 0 bridgehead atoms. The zero-order chi connectivity index (χ0) is 17.5. The van der Waals surface area contributed by atoms with E-state index < -0.39 is 0 Å². The zero-order valence-electron chi connectivity index (χ0n) is 13.7. The van der Waals surface area contributed by atoms with E-state index in [9.17, 15) is 0 Å². The molecule has 0 aliphatic rings. The standard InChI is InChI=1S/C20H13ClN4O/c21-14-6-3-5-13(11-14)19-24-18-20(25(19)12-15-7-4-10-26-15)23-17-9-2-1-8-16(17)22-18/h1-11H,12H2/p+1. The Balaban J connectivity index is 1.80. The number of H-pyrrole nitrogens is 1. The number of aromatic amines is 1. The summed E-state index contributed by atoms with van der Waals surface area (Å²) in [6.45, 7) is 0.544. The van der Waals surface area contributed by atoms with Crippen LogP contribution in [0.1, 0.15) is 5.76 Å². The van der Waals surface area contributed by atoms with Gasteiger partial charge in [0, 0.05) is 10.6 Å². The van der Waals surface area contributed by atoms with Gasteiger partial charge in [-0.2, -0.15) is 0 Å². The molecule has 0 fully saturated rings. The van der Waals surface area contributed by atoms with Gasteiger partial charge in [-0.1, -0.05) is 34.8 Å². The van der Waals surface area contributed by atoms with Gasteiger partial charge < -0.3 is 4.42 Å². The molecule has 0 aliphatic carbocycles. The largest absolute Gasteiger partial charge is 0.466 e. The highest BCUT2D eigenvalue weighted by atomic mass is 35.5. The molecular weight excluding hydrogens is 348 g/mol. The number of furan rings is 1. The van der Waals surface area contributed by atoms with Gasteiger partial charge in [0.25, 0.3) is 5.65 Å². The molecule has 5 nitrogen and oxygen atoms in total. The second-order valence-corrected chi connectivity index (χ2v) is 6.47. The van der Waals surface area contributed by atoms with Gasteiger partial charge in [0.15, 0.2) is 5.52 Å². The molecule has 3 aromatic heterocycles. The fourth-order valence-electron chi connectivity index (χ4n) is 3.12. The summed E-state index contributed by atoms with van der Waals surface area (Å²) >= 11 is 6.20. The quantitative estimate of drug-likeness (QED) is 0.486. The second kappa shape index (κ2) is 5.97. The third kappa shape index (κ3) is 2.53. The lowest BCUT2D eigenvalue weighted by molar-refractivity contribution is -0.654. The monoisotopic (exact) mass is 361 g/mol. The van der Waals surface area contributed by atoms with E-state index in [1.807, 2.05) is 60.7 Å². The van der Waals surface area contributed by atoms with Gasteiger partial charge in [-0.05, 0) is 42.5 Å². The van der Waals surface area contributed by atoms with E-state index in [1.54, 1.807) is 6.26 Å². The Morgan fingerprint density at radius 3 is 2.58 bits per heavy atom. The van der Waals surface area contributed by atoms with Crippen LogP contribution in [0.15, 0.2) is 71.3 Å². The third-order valence-corrected chi connectivity index (χ3v) is 4.54. The lowest BCUT2D eigenvalue weighted by Crippen LogP contribution is -2.36. The van der Waals surface area contributed by atoms with E-state index in [0.29, 0.717) is 11.6 Å². The fraction of sp³-hybridized carbons (Fsp3) is 0.0500. The van der Waals surface area contributed by atoms with E-state index >= 15 is 0 Å². The van der Waals surface area contributed by atoms with Crippen LogP contribution in [0.25, 0.3) is 33.7 Å². The minimum atomic E-state index is 0.544. The number of imidazole rings is 1. The smallest absolute Gasteiger partial charge is 0.323 e. The number of nitrogens with one attached hydrogen (secondary N) is 1. The van der Waals surface area contributed by atoms with Crippen LogP contribution in [-0.4, -0.2) is 15.0 Å². The van der Waals surface area contributed by atoms with Gasteiger partial charge >= 0.3 is 5.65 Å². The second-order valence-electron chi connectivity index (χ2n) is 6.03. The molecule has 0 amide bonds. The van der Waals surface area contributed by atoms with Crippen molar-refractivity contribution in [2.45, 2.75) is 6.54 Å². The summed E-state index contributed by atoms with van der Waals surface area (Å²) in [4.78, 5) is 13.0. The van der Waals surface area contributed by atoms with Crippen molar-refractivity contribution in [3.05, 3.63) is 77.7 Å². The maximum Gasteiger partial charge on any atom is 0.323 e. The van der Waals surface area contributed by atoms with E-state index in [-0.39, 0.29) is 0 Å². The molecule has 126 valence electrons. The molecule has 0 spiro atoms. The van der Waals surface area contributed by atoms with Crippen LogP contribution in [0.2, 0.25) is 5.02 Å². The van der Waals surface area contributed by atoms with Gasteiger partial charge in [-0.15, -0.1) is 0 Å². The summed E-state index contributed by atoms with van der Waals surface area (Å²) in [6.07, 6.45) is 1.67. The number of nitrogens with zero attached hydrogens (tertiary/aromatic N) is 3. The lowest BCUT2D eigenvalue weighted by Gasteiger charge is -2.02. The van der Waals surface area contributed by atoms with Crippen LogP contribution in [0.5, 0.6) is 0 Å². The normalized spacial score (nSPS) is 11.4. The molecule has 0 aliphatic heterocycles. The number of para-hydroxylation sites is 2. The highest BCUT2D eigenvalue weighted by Crippen LogP contribution is 2.22. The van der Waals surface area contributed by atoms with E-state index in [2.05, 4.69) is 9.55 Å². The first kappa shape index (κ1) is 15.1. The van der Waals surface area contributed by atoms with E-state index in [1.165, 1.54) is 0 Å². The Bertz CT molecular complexity index is 1230. The number of hydrogen-bond donors (Lipinski definition) is 1. The maximum absolute atomic E-state index is 6.20. The Morgan fingerprint density at radius 1 is 0.962 bits per heavy atom. The summed E-state index contributed by atoms with van der Waals surface area (Å²) in [5.74, 6) is 1.73. The lowest BCUT2D eigenvalue weighted by atomic mass is 10.2. The molecule has 0 saturated heterocycles. The molecule has 5 rings (SSSR count). The molecule has 0 saturated carbocycles. The van der Waals surface area contributed by atoms with Crippen LogP contribution in [-0.2, 0) is 6.54 Å². The first-order valence-corrected chi connectivity index (χ1v) is 8.62. The Morgan fingerprint density at radius 2 is 1.81 bits per heavy atom. The molecule has 26 heavy (non-hydrogen) atoms. The maximum atomic E-state index is 6.20. The number of rotatable bonds is 3. The van der Waals surface area contributed by atoms with Gasteiger partial charge in [0.2, 0.25) is 5.82 Å². The fourth-order valence-corrected chi connectivity index (χ4v) is 3.31. The number of halogens is 1. The zero-order valence-corrected chi connectivity index (χ0v) is 14.4. The summed E-state index contributed by atoms with van der Waals surface area (Å²) in [5, 5.41) is 0.678. The summed E-state index contributed by atoms with van der Waals surface area (Å²) in [6, 6.07) is 19.4. The molecule has 5 aromatic rings. The first-order chi connectivity index (χ1) is 12.8. The number of aromatic nitrogens is 4. The number of hydrogen-bond acceptors (Lipinski definition) is 3. The van der Waals surface area contributed by atoms with Crippen molar-refractivity contribution in [1.82, 2.24) is 15.0 Å². The SMILES string of the molecule is Clc1cccc(-c2[nH]c3nc4ccccc4nc3[n+]2Cc2ccco2)c1. The Kier molecular flexibility index (Phi) is 3.47. The Hall–Kier alpha value is -3.18. The highest BCUT2D eigenvalue weighted by Gasteiger charge is 2.23. The van der Waals surface area contributed by atoms with Gasteiger partial charge in [-0.25, -0.2) is 9.55 Å². The predicted octanol–water partition coefficient (Wildman–Crippen LogP) is 4.36. The minimum absolute atomic E-state index is 0.544. The van der Waals surface area contributed by atoms with E-state index in [4.69, 9.17) is 26.0 Å². The third-order valence-electron chi connectivity index (χ3n) is 4.31. The average Bonchev–Trinajstić information content (AvgIpc) is 3.28. The van der Waals surface area contributed by atoms with Gasteiger partial charge in [0.05, 0.1) is 6.26 Å². The van der Waals surface area contributed by atoms with Crippen molar-refractivity contribution in [2.24, 2.45) is 0 Å². The van der Waals surface area contributed by atoms with Crippen LogP contribution < -0.4 is 4.57 Å². The van der Waals surface area contributed by atoms with Gasteiger partial charge in [0.1, 0.15) is 17.8 Å². The van der Waals surface area contributed by atoms with Crippen molar-refractivity contribution in [2.75, 3.05) is 0 Å². The van der Waals surface area contributed by atoms with Crippen molar-refractivity contribution in [3.63, 3.8) is 0 Å². The topological polar surface area (TPSA) is 58.6 Å². The van der Waals surface area contributed by atoms with E-state index in [0.717, 1.165) is 39.5 Å². The molecular formula is C20H14ClN4O+. The van der Waals surface area contributed by atoms with Crippen LogP contribution in [0, 0.1) is 0 Å². The van der Waals surface area contributed by atoms with Crippen molar-refractivity contribution < 1.29 is 8.98 Å². The molecule has 0 unspecified atom stereocenters. The summed E-state index contributed by atoms with van der Waals surface area (Å²) in [7, 11) is 0. The molecule has 0 atom stereocenters. The molecule has 3 heterocycles. The van der Waals surface area contributed by atoms with Crippen LogP contribution in [0.4, 0.5) is 0 Å². The van der Waals surface area contributed by atoms with Crippen LogP contribution >= 0.6 is 11.6 Å². The van der Waals surface area contributed by atoms with Gasteiger partial charge in [-0.3, -0.25) is 4.98 Å². The molecule has 1 N–H and O–H groups in total. The molecule has 2 aromatic carbocycles. The van der Waals surface area contributed by atoms with Crippen molar-refractivity contribution in [3.8, 4) is 11.4 Å². The van der Waals surface area contributed by atoms with Crippen molar-refractivity contribution >= 4 is 33.9 Å². The van der Waals surface area contributed by atoms with Crippen LogP contribution in [0.3, 0.4) is 0 Å². The molecule has 6 heteroatoms. The van der Waals surface area contributed by atoms with Crippen molar-refractivity contribution in [1.29, 1.82) is 0 Å². The highest BCUT2D eigenvalue weighted by molar-refractivity contribution is 6.30.